The first kappa shape index (κ1) is 65.6. The number of hydrogen-bond donors (Lipinski definition) is 3. The number of sulfonamides is 2. The Morgan fingerprint density at radius 3 is 1.23 bits per heavy atom. The van der Waals surface area contributed by atoms with Crippen LogP contribution in [0.1, 0.15) is 107 Å². The molecule has 10 heterocycles. The predicted molar refractivity (Wildman–Crippen MR) is 320 cm³/mol. The highest BCUT2D eigenvalue weighted by Gasteiger charge is 2.47. The van der Waals surface area contributed by atoms with Crippen LogP contribution in [0.5, 0.6) is 0 Å². The molecule has 1 saturated carbocycles. The molecule has 3 N–H and O–H groups in total. The largest absolute Gasteiger partial charge is 0.390 e. The van der Waals surface area contributed by atoms with Crippen LogP contribution in [0.2, 0.25) is 0 Å². The minimum atomic E-state index is -4.50. The molecule has 6 aromatic heterocycles. The minimum absolute atomic E-state index is 0.0779. The molecule has 0 amide bonds. The molecule has 2 aliphatic carbocycles. The quantitative estimate of drug-likeness (QED) is 0.0566. The van der Waals surface area contributed by atoms with E-state index < -0.39 is 77.9 Å². The maximum atomic E-state index is 12.5. The molecular weight excluding hydrogens is 1240 g/mol. The summed E-state index contributed by atoms with van der Waals surface area (Å²) in [5.41, 5.74) is 7.92. The molecule has 6 aliphatic rings. The van der Waals surface area contributed by atoms with Crippen LogP contribution in [0.3, 0.4) is 0 Å². The Morgan fingerprint density at radius 2 is 0.920 bits per heavy atom. The second kappa shape index (κ2) is 27.5. The Balaban J connectivity index is 0.000000151. The van der Waals surface area contributed by atoms with Crippen LogP contribution in [-0.4, -0.2) is 147 Å². The van der Waals surface area contributed by atoms with Gasteiger partial charge in [0.2, 0.25) is 46.9 Å². The van der Waals surface area contributed by atoms with Gasteiger partial charge in [0.25, 0.3) is 0 Å². The van der Waals surface area contributed by atoms with Crippen LogP contribution < -0.4 is 16.0 Å². The number of halogens is 7. The van der Waals surface area contributed by atoms with E-state index in [-0.39, 0.29) is 17.8 Å². The van der Waals surface area contributed by atoms with Crippen molar-refractivity contribution in [1.82, 2.24) is 67.9 Å². The molecule has 88 heavy (non-hydrogen) atoms. The predicted octanol–water partition coefficient (Wildman–Crippen LogP) is 9.83. The third kappa shape index (κ3) is 18.2. The first-order chi connectivity index (χ1) is 41.5. The SMILES string of the molecule is CCCS(=O)(=O)Cl.Cn1cc(Nc2nccc(C3=CC4CCC(C3)C4)n2)cn1.Cn1cc(Nc2nccc(C3=CC4CCC(C3)N4S(=O)(=O)CCC(F)(F)F)n2)cn1.Cn1cc(Nc2nccc(C3=CC4CCC(C3)N4S(=O)(=O)CCC(F)(F)F)n2)cn1. The molecule has 6 unspecified atom stereocenters. The topological polar surface area (TPSA) is 276 Å². The van der Waals surface area contributed by atoms with Crippen LogP contribution in [0.15, 0.2) is 92.2 Å². The standard InChI is InChI=1S/2C18H21F3N6O2S.C16H19N5.C3H7ClO2S/c2*1-26-11-13(10-23-26)24-17-22-6-4-16(25-17)12-8-14-2-3-15(9-12)27(14)30(28,29)7-5-18(19,20)21;1-21-10-14(9-18-21)19-16-17-5-4-15(20-16)13-7-11-2-3-12(6-11)8-13;1-2-3-7(4,5)6/h2*4,6,8,10-11,14-15H,2-3,5,7,9H2,1H3,(H,22,24,25);4-5,7,9-12H,2-3,6,8H2,1H3,(H,17,19,20);2-3H2,1H3. The van der Waals surface area contributed by atoms with Gasteiger partial charge in [-0.2, -0.15) is 50.2 Å². The summed E-state index contributed by atoms with van der Waals surface area (Å²) in [6.07, 6.45) is 19.0. The van der Waals surface area contributed by atoms with Crippen molar-refractivity contribution in [2.75, 3.05) is 33.2 Å². The number of hydrogen-bond acceptors (Lipinski definition) is 18. The molecule has 2 saturated heterocycles. The van der Waals surface area contributed by atoms with Gasteiger partial charge in [-0.15, -0.1) is 0 Å². The van der Waals surface area contributed by atoms with Gasteiger partial charge in [0.1, 0.15) is 0 Å². The lowest BCUT2D eigenvalue weighted by atomic mass is 9.88. The summed E-state index contributed by atoms with van der Waals surface area (Å²) in [5, 5.41) is 21.6. The molecule has 6 atom stereocenters. The Bertz CT molecular complexity index is 3690. The van der Waals surface area contributed by atoms with Crippen LogP contribution in [0.4, 0.5) is 61.2 Å². The fourth-order valence-electron chi connectivity index (χ4n) is 11.7. The molecule has 476 valence electrons. The fraction of sp³-hybridized carbons (Fsp3) is 0.509. The molecule has 33 heteroatoms. The number of alkyl halides is 6. The first-order valence-corrected chi connectivity index (χ1v) is 34.2. The first-order valence-electron chi connectivity index (χ1n) is 28.5. The number of rotatable bonds is 17. The second-order valence-corrected chi connectivity index (χ2v) is 29.3. The van der Waals surface area contributed by atoms with Crippen molar-refractivity contribution in [3.63, 3.8) is 0 Å². The summed E-state index contributed by atoms with van der Waals surface area (Å²) in [6, 6.07) is 3.92. The molecule has 3 fully saturated rings. The van der Waals surface area contributed by atoms with E-state index in [4.69, 9.17) is 10.7 Å². The molecular formula is C55H68ClF6N17O6S3. The number of anilines is 6. The van der Waals surface area contributed by atoms with E-state index in [2.05, 4.69) is 67.2 Å². The third-order valence-electron chi connectivity index (χ3n) is 15.4. The maximum Gasteiger partial charge on any atom is 0.390 e. The Morgan fingerprint density at radius 1 is 0.534 bits per heavy atom. The molecule has 6 bridgehead atoms. The van der Waals surface area contributed by atoms with Gasteiger partial charge in [0.05, 0.1) is 82.8 Å². The summed E-state index contributed by atoms with van der Waals surface area (Å²) in [6.45, 7) is 1.76. The molecule has 0 aromatic carbocycles. The Kier molecular flexibility index (Phi) is 20.5. The average molecular weight is 1310 g/mol. The highest BCUT2D eigenvalue weighted by atomic mass is 35.7. The molecule has 0 radical (unpaired) electrons. The lowest BCUT2D eigenvalue weighted by Gasteiger charge is -2.33. The number of nitrogens with zero attached hydrogens (tertiary/aromatic N) is 14. The summed E-state index contributed by atoms with van der Waals surface area (Å²) in [7, 11) is -0.900. The lowest BCUT2D eigenvalue weighted by Crippen LogP contribution is -2.44. The van der Waals surface area contributed by atoms with Gasteiger partial charge in [-0.05, 0) is 117 Å². The fourth-order valence-corrected chi connectivity index (χ4v) is 16.5. The molecule has 23 nitrogen and oxygen atoms in total. The van der Waals surface area contributed by atoms with E-state index in [9.17, 15) is 51.6 Å². The van der Waals surface area contributed by atoms with Crippen molar-refractivity contribution in [3.8, 4) is 0 Å². The third-order valence-corrected chi connectivity index (χ3v) is 20.6. The van der Waals surface area contributed by atoms with Crippen molar-refractivity contribution < 1.29 is 51.6 Å². The zero-order valence-electron chi connectivity index (χ0n) is 48.5. The molecule has 4 aliphatic heterocycles. The number of aryl methyl sites for hydroxylation is 3. The van der Waals surface area contributed by atoms with Crippen molar-refractivity contribution in [2.45, 2.75) is 127 Å². The lowest BCUT2D eigenvalue weighted by molar-refractivity contribution is -0.130. The minimum Gasteiger partial charge on any atom is -0.321 e. The smallest absolute Gasteiger partial charge is 0.321 e. The van der Waals surface area contributed by atoms with Gasteiger partial charge < -0.3 is 16.0 Å². The van der Waals surface area contributed by atoms with E-state index in [1.54, 1.807) is 90.6 Å². The summed E-state index contributed by atoms with van der Waals surface area (Å²) in [5.74, 6) is 1.28. The van der Waals surface area contributed by atoms with E-state index >= 15 is 0 Å². The monoisotopic (exact) mass is 1310 g/mol. The number of allylic oxidation sites excluding steroid dienone is 2. The summed E-state index contributed by atoms with van der Waals surface area (Å²) < 4.78 is 153. The molecule has 0 spiro atoms. The van der Waals surface area contributed by atoms with E-state index in [0.29, 0.717) is 74.2 Å². The Hall–Kier alpha value is -6.87. The molecule has 6 aromatic rings. The van der Waals surface area contributed by atoms with Crippen LogP contribution in [0.25, 0.3) is 16.7 Å². The van der Waals surface area contributed by atoms with Crippen molar-refractivity contribution in [1.29, 1.82) is 0 Å². The van der Waals surface area contributed by atoms with Gasteiger partial charge >= 0.3 is 12.4 Å². The van der Waals surface area contributed by atoms with Crippen LogP contribution in [-0.2, 0) is 50.2 Å². The van der Waals surface area contributed by atoms with Gasteiger partial charge in [0, 0.05) is 93.2 Å². The summed E-state index contributed by atoms with van der Waals surface area (Å²) in [4.78, 5) is 26.4. The normalized spacial score (nSPS) is 21.8. The van der Waals surface area contributed by atoms with Crippen molar-refractivity contribution in [3.05, 3.63) is 109 Å². The maximum absolute atomic E-state index is 12.5. The number of aromatic nitrogens is 12. The van der Waals surface area contributed by atoms with E-state index in [0.717, 1.165) is 45.7 Å². The zero-order chi connectivity index (χ0) is 63.2. The average Bonchev–Trinajstić information content (AvgIpc) is 1.90. The number of fused-ring (bicyclic) bond motifs is 6. The van der Waals surface area contributed by atoms with E-state index in [1.807, 2.05) is 37.7 Å². The number of nitrogens with one attached hydrogen (secondary N) is 3. The van der Waals surface area contributed by atoms with Crippen LogP contribution >= 0.6 is 10.7 Å². The van der Waals surface area contributed by atoms with E-state index in [1.165, 1.54) is 39.9 Å². The van der Waals surface area contributed by atoms with Crippen LogP contribution in [0, 0.1) is 11.8 Å². The zero-order valence-corrected chi connectivity index (χ0v) is 51.7. The highest BCUT2D eigenvalue weighted by Crippen LogP contribution is 2.45. The van der Waals surface area contributed by atoms with Crippen molar-refractivity contribution >= 4 is 91.4 Å². The van der Waals surface area contributed by atoms with Gasteiger partial charge in [-0.25, -0.2) is 55.2 Å². The second-order valence-electron chi connectivity index (χ2n) is 22.4. The molecule has 12 rings (SSSR count). The van der Waals surface area contributed by atoms with Crippen molar-refractivity contribution in [2.24, 2.45) is 33.0 Å². The Labute approximate surface area is 510 Å². The summed E-state index contributed by atoms with van der Waals surface area (Å²) >= 11 is 0. The highest BCUT2D eigenvalue weighted by molar-refractivity contribution is 8.13. The van der Waals surface area contributed by atoms with Gasteiger partial charge in [-0.3, -0.25) is 14.0 Å². The van der Waals surface area contributed by atoms with Gasteiger partial charge in [0.15, 0.2) is 0 Å². The van der Waals surface area contributed by atoms with Gasteiger partial charge in [-0.1, -0.05) is 25.2 Å².